The molecule has 1 aliphatic rings. The van der Waals surface area contributed by atoms with Crippen molar-refractivity contribution in [2.45, 2.75) is 38.8 Å². The molecule has 1 amide bonds. The summed E-state index contributed by atoms with van der Waals surface area (Å²) in [5, 5.41) is 0.200. The van der Waals surface area contributed by atoms with Crippen LogP contribution in [0, 0.1) is 6.57 Å². The van der Waals surface area contributed by atoms with E-state index in [4.69, 9.17) is 22.9 Å². The van der Waals surface area contributed by atoms with E-state index in [2.05, 4.69) is 9.83 Å². The molecule has 0 aromatic carbocycles. The quantitative estimate of drug-likeness (QED) is 0.610. The second-order valence-electron chi connectivity index (χ2n) is 6.57. The van der Waals surface area contributed by atoms with Gasteiger partial charge in [0.15, 0.2) is 0 Å². The van der Waals surface area contributed by atoms with Gasteiger partial charge >= 0.3 is 6.09 Å². The van der Waals surface area contributed by atoms with E-state index in [-0.39, 0.29) is 17.3 Å². The Kier molecular flexibility index (Phi) is 5.00. The molecule has 1 aromatic heterocycles. The maximum absolute atomic E-state index is 12.1. The number of nitrogens with zero attached hydrogens (tertiary/aromatic N) is 4. The van der Waals surface area contributed by atoms with Crippen molar-refractivity contribution in [1.82, 2.24) is 9.88 Å². The molecule has 124 valence electrons. The van der Waals surface area contributed by atoms with Gasteiger partial charge in [-0.1, -0.05) is 11.6 Å². The number of carbonyl (C=O) groups is 1. The van der Waals surface area contributed by atoms with Crippen LogP contribution in [0.15, 0.2) is 12.1 Å². The maximum Gasteiger partial charge on any atom is 0.410 e. The van der Waals surface area contributed by atoms with Crippen molar-refractivity contribution in [3.63, 3.8) is 0 Å². The monoisotopic (exact) mass is 336 g/mol. The van der Waals surface area contributed by atoms with Crippen LogP contribution in [0.4, 0.5) is 16.3 Å². The van der Waals surface area contributed by atoms with Gasteiger partial charge < -0.3 is 14.5 Å². The number of pyridine rings is 1. The summed E-state index contributed by atoms with van der Waals surface area (Å²) in [5.41, 5.74) is -0.156. The van der Waals surface area contributed by atoms with Crippen LogP contribution in [-0.4, -0.2) is 47.8 Å². The lowest BCUT2D eigenvalue weighted by Gasteiger charge is -2.27. The van der Waals surface area contributed by atoms with Crippen molar-refractivity contribution in [3.05, 3.63) is 28.7 Å². The molecule has 1 aromatic rings. The highest BCUT2D eigenvalue weighted by Gasteiger charge is 2.32. The summed E-state index contributed by atoms with van der Waals surface area (Å²) in [6, 6.07) is 3.58. The predicted octanol–water partition coefficient (Wildman–Crippen LogP) is 3.73. The Bertz CT molecular complexity index is 636. The van der Waals surface area contributed by atoms with Gasteiger partial charge in [0, 0.05) is 26.2 Å². The van der Waals surface area contributed by atoms with Crippen molar-refractivity contribution >= 4 is 29.2 Å². The SMILES string of the molecule is [C-]#[N+]c1ccc(N(C)[C@@H]2CCN(C(=O)OC(C)(C)C)C2)nc1Cl. The smallest absolute Gasteiger partial charge is 0.410 e. The maximum atomic E-state index is 12.1. The van der Waals surface area contributed by atoms with Gasteiger partial charge in [-0.05, 0) is 39.3 Å². The molecule has 1 saturated heterocycles. The van der Waals surface area contributed by atoms with Gasteiger partial charge in [-0.3, -0.25) is 0 Å². The standard InChI is InChI=1S/C16H21ClN4O2/c1-16(2,3)23-15(22)21-9-8-11(10-21)20(5)13-7-6-12(18-4)14(17)19-13/h6-7,11H,8-10H2,1-3,5H3/t11-/m1/s1. The highest BCUT2D eigenvalue weighted by atomic mass is 35.5. The van der Waals surface area contributed by atoms with E-state index in [1.807, 2.05) is 32.7 Å². The van der Waals surface area contributed by atoms with Gasteiger partial charge in [-0.2, -0.15) is 0 Å². The van der Waals surface area contributed by atoms with Crippen molar-refractivity contribution in [1.29, 1.82) is 0 Å². The molecule has 1 aliphatic heterocycles. The Morgan fingerprint density at radius 3 is 2.78 bits per heavy atom. The first-order valence-electron chi connectivity index (χ1n) is 7.46. The largest absolute Gasteiger partial charge is 0.444 e. The van der Waals surface area contributed by atoms with Crippen molar-refractivity contribution < 1.29 is 9.53 Å². The molecule has 0 aliphatic carbocycles. The first-order chi connectivity index (χ1) is 10.7. The number of carbonyl (C=O) groups excluding carboxylic acids is 1. The number of ether oxygens (including phenoxy) is 1. The first-order valence-corrected chi connectivity index (χ1v) is 7.84. The lowest BCUT2D eigenvalue weighted by molar-refractivity contribution is 0.0292. The normalized spacial score (nSPS) is 17.7. The molecule has 23 heavy (non-hydrogen) atoms. The summed E-state index contributed by atoms with van der Waals surface area (Å²) in [6.45, 7) is 13.8. The van der Waals surface area contributed by atoms with Crippen molar-refractivity contribution in [3.8, 4) is 0 Å². The average Bonchev–Trinajstić information content (AvgIpc) is 2.94. The van der Waals surface area contributed by atoms with Crippen LogP contribution in [0.1, 0.15) is 27.2 Å². The van der Waals surface area contributed by atoms with Crippen molar-refractivity contribution in [2.75, 3.05) is 25.0 Å². The molecule has 1 fully saturated rings. The van der Waals surface area contributed by atoms with E-state index in [1.165, 1.54) is 0 Å². The zero-order valence-corrected chi connectivity index (χ0v) is 14.6. The van der Waals surface area contributed by atoms with E-state index in [0.717, 1.165) is 6.42 Å². The molecule has 2 rings (SSSR count). The molecule has 7 heteroatoms. The molecule has 1 atom stereocenters. The fourth-order valence-electron chi connectivity index (χ4n) is 2.43. The number of amides is 1. The minimum absolute atomic E-state index is 0.143. The van der Waals surface area contributed by atoms with E-state index in [9.17, 15) is 4.79 Å². The molecule has 6 nitrogen and oxygen atoms in total. The second-order valence-corrected chi connectivity index (χ2v) is 6.93. The highest BCUT2D eigenvalue weighted by molar-refractivity contribution is 6.32. The lowest BCUT2D eigenvalue weighted by Crippen LogP contribution is -2.39. The number of hydrogen-bond donors (Lipinski definition) is 0. The van der Waals surface area contributed by atoms with Gasteiger partial charge in [0.25, 0.3) is 0 Å². The fourth-order valence-corrected chi connectivity index (χ4v) is 2.63. The van der Waals surface area contributed by atoms with Crippen LogP contribution in [0.25, 0.3) is 4.85 Å². The number of halogens is 1. The minimum atomic E-state index is -0.494. The van der Waals surface area contributed by atoms with Crippen LogP contribution in [0.3, 0.4) is 0 Å². The van der Waals surface area contributed by atoms with Crippen LogP contribution < -0.4 is 4.90 Å². The number of aromatic nitrogens is 1. The van der Waals surface area contributed by atoms with Gasteiger partial charge in [0.05, 0.1) is 6.57 Å². The van der Waals surface area contributed by atoms with Gasteiger partial charge in [-0.25, -0.2) is 14.6 Å². The van der Waals surface area contributed by atoms with Crippen LogP contribution in [-0.2, 0) is 4.74 Å². The summed E-state index contributed by atoms with van der Waals surface area (Å²) in [6.07, 6.45) is 0.544. The van der Waals surface area contributed by atoms with Crippen molar-refractivity contribution in [2.24, 2.45) is 0 Å². The number of likely N-dealkylation sites (tertiary alicyclic amines) is 1. The zero-order valence-electron chi connectivity index (χ0n) is 13.8. The average molecular weight is 337 g/mol. The van der Waals surface area contributed by atoms with Gasteiger partial charge in [0.1, 0.15) is 16.6 Å². The molecule has 2 heterocycles. The number of hydrogen-bond acceptors (Lipinski definition) is 4. The Labute approximate surface area is 141 Å². The molecule has 0 bridgehead atoms. The van der Waals surface area contributed by atoms with Crippen LogP contribution >= 0.6 is 11.6 Å². The third-order valence-corrected chi connectivity index (χ3v) is 3.94. The molecule has 0 radical (unpaired) electrons. The summed E-state index contributed by atoms with van der Waals surface area (Å²) >= 11 is 6.00. The molecule has 0 N–H and O–H groups in total. The van der Waals surface area contributed by atoms with Crippen LogP contribution in [0.5, 0.6) is 0 Å². The minimum Gasteiger partial charge on any atom is -0.444 e. The zero-order chi connectivity index (χ0) is 17.2. The van der Waals surface area contributed by atoms with Crippen LogP contribution in [0.2, 0.25) is 5.15 Å². The Morgan fingerprint density at radius 1 is 1.52 bits per heavy atom. The number of anilines is 1. The molecule has 0 saturated carbocycles. The van der Waals surface area contributed by atoms with E-state index >= 15 is 0 Å². The molecular formula is C16H21ClN4O2. The Hall–Kier alpha value is -2.00. The predicted molar refractivity (Wildman–Crippen MR) is 90.1 cm³/mol. The highest BCUT2D eigenvalue weighted by Crippen LogP contribution is 2.28. The molecule has 0 spiro atoms. The summed E-state index contributed by atoms with van der Waals surface area (Å²) in [4.78, 5) is 23.4. The second kappa shape index (κ2) is 6.63. The third kappa shape index (κ3) is 4.26. The third-order valence-electron chi connectivity index (χ3n) is 3.66. The van der Waals surface area contributed by atoms with Gasteiger partial charge in [-0.15, -0.1) is 0 Å². The topological polar surface area (TPSA) is 50.0 Å². The first kappa shape index (κ1) is 17.4. The molecular weight excluding hydrogens is 316 g/mol. The summed E-state index contributed by atoms with van der Waals surface area (Å²) in [7, 11) is 1.92. The Balaban J connectivity index is 2.02. The molecule has 0 unspecified atom stereocenters. The number of likely N-dealkylation sites (N-methyl/N-ethyl adjacent to an activating group) is 1. The lowest BCUT2D eigenvalue weighted by atomic mass is 10.2. The fraction of sp³-hybridized carbons (Fsp3) is 0.562. The van der Waals surface area contributed by atoms with E-state index in [0.29, 0.717) is 24.6 Å². The summed E-state index contributed by atoms with van der Waals surface area (Å²) in [5.74, 6) is 0.693. The number of rotatable bonds is 2. The Morgan fingerprint density at radius 2 is 2.22 bits per heavy atom. The van der Waals surface area contributed by atoms with E-state index in [1.54, 1.807) is 17.0 Å². The summed E-state index contributed by atoms with van der Waals surface area (Å²) < 4.78 is 5.40. The van der Waals surface area contributed by atoms with E-state index < -0.39 is 5.60 Å². The van der Waals surface area contributed by atoms with Gasteiger partial charge in [0.2, 0.25) is 5.69 Å².